The van der Waals surface area contributed by atoms with Crippen LogP contribution < -0.4 is 0 Å². The minimum absolute atomic E-state index is 0.0313. The third-order valence-corrected chi connectivity index (χ3v) is 6.41. The van der Waals surface area contributed by atoms with E-state index < -0.39 is 34.3 Å². The molecule has 0 saturated heterocycles. The molecule has 2 aromatic rings. The number of aromatic nitrogens is 1. The van der Waals surface area contributed by atoms with Crippen LogP contribution in [0.2, 0.25) is 0 Å². The number of rotatable bonds is 7. The number of carbonyl (C=O) groups is 2. The van der Waals surface area contributed by atoms with Crippen LogP contribution in [0.4, 0.5) is 0 Å². The van der Waals surface area contributed by atoms with E-state index in [4.69, 9.17) is 4.74 Å². The zero-order chi connectivity index (χ0) is 20.2. The highest BCUT2D eigenvalue weighted by Gasteiger charge is 2.25. The number of nitrogens with zero attached hydrogens (tertiary/aromatic N) is 3. The van der Waals surface area contributed by atoms with Gasteiger partial charge in [0.1, 0.15) is 5.01 Å². The maximum absolute atomic E-state index is 12.2. The van der Waals surface area contributed by atoms with E-state index in [9.17, 15) is 23.3 Å². The second-order valence-electron chi connectivity index (χ2n) is 5.74. The van der Waals surface area contributed by atoms with Gasteiger partial charge in [0.05, 0.1) is 16.5 Å². The van der Waals surface area contributed by atoms with Gasteiger partial charge in [0.15, 0.2) is 18.3 Å². The van der Waals surface area contributed by atoms with Crippen molar-refractivity contribution in [2.75, 3.05) is 20.7 Å². The molecule has 27 heavy (non-hydrogen) atoms. The Morgan fingerprint density at radius 2 is 1.93 bits per heavy atom. The van der Waals surface area contributed by atoms with Crippen molar-refractivity contribution in [2.45, 2.75) is 17.7 Å². The number of sulfonamides is 1. The van der Waals surface area contributed by atoms with Crippen molar-refractivity contribution in [3.8, 4) is 6.07 Å². The Labute approximate surface area is 161 Å². The number of nitriles is 1. The molecule has 1 atom stereocenters. The molecule has 0 radical (unpaired) electrons. The molecular formula is C17H17N3O5S2. The van der Waals surface area contributed by atoms with Gasteiger partial charge in [-0.3, -0.25) is 4.79 Å². The van der Waals surface area contributed by atoms with E-state index >= 15 is 0 Å². The Balaban J connectivity index is 2.03. The molecule has 10 heteroatoms. The molecule has 1 heterocycles. The van der Waals surface area contributed by atoms with Gasteiger partial charge >= 0.3 is 5.97 Å². The van der Waals surface area contributed by atoms with Gasteiger partial charge in [-0.15, -0.1) is 11.3 Å². The number of esters is 1. The van der Waals surface area contributed by atoms with E-state index in [1.54, 1.807) is 12.3 Å². The second-order valence-corrected chi connectivity index (χ2v) is 8.79. The number of carbonyl (C=O) groups excluding carboxylic acids is 2. The standard InChI is InChI=1S/C17H17N3O5S2/c1-11-10-26-16(19-11)14(8-18)15(21)9-25-17(22)12-4-6-13(7-5-12)27(23,24)20(2)3/h4-7,10,14H,9H2,1-3H3/t14-/m1/s1. The zero-order valence-electron chi connectivity index (χ0n) is 14.9. The first kappa shape index (κ1) is 20.7. The number of hydrogen-bond acceptors (Lipinski definition) is 8. The molecule has 0 bridgehead atoms. The van der Waals surface area contributed by atoms with Gasteiger partial charge in [-0.2, -0.15) is 5.26 Å². The Bertz CT molecular complexity index is 988. The van der Waals surface area contributed by atoms with Crippen molar-refractivity contribution >= 4 is 33.1 Å². The van der Waals surface area contributed by atoms with E-state index in [0.717, 1.165) is 4.31 Å². The predicted molar refractivity (Wildman–Crippen MR) is 97.8 cm³/mol. The first-order chi connectivity index (χ1) is 12.7. The predicted octanol–water partition coefficient (Wildman–Crippen LogP) is 1.74. The first-order valence-electron chi connectivity index (χ1n) is 7.71. The number of benzene rings is 1. The Kier molecular flexibility index (Phi) is 6.43. The van der Waals surface area contributed by atoms with Gasteiger partial charge in [-0.05, 0) is 31.2 Å². The van der Waals surface area contributed by atoms with Crippen LogP contribution >= 0.6 is 11.3 Å². The van der Waals surface area contributed by atoms with Crippen molar-refractivity contribution in [2.24, 2.45) is 0 Å². The summed E-state index contributed by atoms with van der Waals surface area (Å²) in [6.45, 7) is 1.17. The van der Waals surface area contributed by atoms with Crippen LogP contribution in [0.25, 0.3) is 0 Å². The lowest BCUT2D eigenvalue weighted by atomic mass is 10.1. The molecule has 0 saturated carbocycles. The molecule has 0 aliphatic heterocycles. The topological polar surface area (TPSA) is 117 Å². The minimum Gasteiger partial charge on any atom is -0.454 e. The summed E-state index contributed by atoms with van der Waals surface area (Å²) in [5.41, 5.74) is 0.798. The first-order valence-corrected chi connectivity index (χ1v) is 10.0. The second kappa shape index (κ2) is 8.39. The van der Waals surface area contributed by atoms with Gasteiger partial charge in [-0.25, -0.2) is 22.5 Å². The fourth-order valence-corrected chi connectivity index (χ4v) is 3.81. The number of ketones is 1. The van der Waals surface area contributed by atoms with Crippen molar-refractivity contribution in [1.29, 1.82) is 5.26 Å². The van der Waals surface area contributed by atoms with Gasteiger partial charge in [-0.1, -0.05) is 0 Å². The molecule has 0 aliphatic rings. The molecule has 0 spiro atoms. The smallest absolute Gasteiger partial charge is 0.338 e. The number of hydrogen-bond donors (Lipinski definition) is 0. The number of ether oxygens (including phenoxy) is 1. The third kappa shape index (κ3) is 4.77. The van der Waals surface area contributed by atoms with Gasteiger partial charge in [0.2, 0.25) is 10.0 Å². The Morgan fingerprint density at radius 3 is 2.41 bits per heavy atom. The van der Waals surface area contributed by atoms with Gasteiger partial charge in [0.25, 0.3) is 0 Å². The molecule has 2 rings (SSSR count). The lowest BCUT2D eigenvalue weighted by molar-refractivity contribution is -0.122. The highest BCUT2D eigenvalue weighted by Crippen LogP contribution is 2.21. The Morgan fingerprint density at radius 1 is 1.30 bits per heavy atom. The summed E-state index contributed by atoms with van der Waals surface area (Å²) in [4.78, 5) is 28.4. The Hall–Kier alpha value is -2.61. The molecule has 0 aliphatic carbocycles. The van der Waals surface area contributed by atoms with Crippen LogP contribution in [0.3, 0.4) is 0 Å². The van der Waals surface area contributed by atoms with Crippen LogP contribution in [0.1, 0.15) is 27.0 Å². The fourth-order valence-electron chi connectivity index (χ4n) is 2.05. The maximum Gasteiger partial charge on any atom is 0.338 e. The molecule has 1 aromatic carbocycles. The molecule has 0 N–H and O–H groups in total. The lowest BCUT2D eigenvalue weighted by Crippen LogP contribution is -2.22. The van der Waals surface area contributed by atoms with Gasteiger partial charge in [0, 0.05) is 25.2 Å². The zero-order valence-corrected chi connectivity index (χ0v) is 16.5. The summed E-state index contributed by atoms with van der Waals surface area (Å²) in [5, 5.41) is 11.3. The molecule has 8 nitrogen and oxygen atoms in total. The van der Waals surface area contributed by atoms with Crippen molar-refractivity contribution in [3.63, 3.8) is 0 Å². The van der Waals surface area contributed by atoms with E-state index in [1.165, 1.54) is 49.7 Å². The quantitative estimate of drug-likeness (QED) is 0.642. The summed E-state index contributed by atoms with van der Waals surface area (Å²) < 4.78 is 30.0. The summed E-state index contributed by atoms with van der Waals surface area (Å²) in [5.74, 6) is -2.46. The van der Waals surface area contributed by atoms with Crippen molar-refractivity contribution in [1.82, 2.24) is 9.29 Å². The normalized spacial score (nSPS) is 12.4. The van der Waals surface area contributed by atoms with Crippen LogP contribution in [-0.2, 0) is 19.6 Å². The summed E-state index contributed by atoms with van der Waals surface area (Å²) in [6, 6.07) is 7.03. The third-order valence-electron chi connectivity index (χ3n) is 3.55. The molecule has 0 amide bonds. The average molecular weight is 407 g/mol. The number of Topliss-reactive ketones (excluding diaryl/α,β-unsaturated/α-hetero) is 1. The van der Waals surface area contributed by atoms with E-state index in [2.05, 4.69) is 4.98 Å². The number of aryl methyl sites for hydroxylation is 1. The molecule has 0 fully saturated rings. The van der Waals surface area contributed by atoms with Crippen LogP contribution in [0, 0.1) is 18.3 Å². The average Bonchev–Trinajstić information content (AvgIpc) is 3.06. The highest BCUT2D eigenvalue weighted by atomic mass is 32.2. The van der Waals surface area contributed by atoms with E-state index in [1.807, 2.05) is 6.07 Å². The van der Waals surface area contributed by atoms with Crippen LogP contribution in [0.5, 0.6) is 0 Å². The van der Waals surface area contributed by atoms with Crippen LogP contribution in [0.15, 0.2) is 34.5 Å². The van der Waals surface area contributed by atoms with Crippen molar-refractivity contribution < 1.29 is 22.7 Å². The van der Waals surface area contributed by atoms with Crippen LogP contribution in [-0.4, -0.2) is 50.2 Å². The van der Waals surface area contributed by atoms with Gasteiger partial charge < -0.3 is 4.74 Å². The van der Waals surface area contributed by atoms with E-state index in [-0.39, 0.29) is 10.5 Å². The SMILES string of the molecule is Cc1csc([C@H](C#N)C(=O)COC(=O)c2ccc(S(=O)(=O)N(C)C)cc2)n1. The monoisotopic (exact) mass is 407 g/mol. The molecule has 1 aromatic heterocycles. The molecule has 142 valence electrons. The summed E-state index contributed by atoms with van der Waals surface area (Å²) >= 11 is 1.19. The largest absolute Gasteiger partial charge is 0.454 e. The highest BCUT2D eigenvalue weighted by molar-refractivity contribution is 7.89. The summed E-state index contributed by atoms with van der Waals surface area (Å²) in [7, 11) is -0.800. The molecule has 0 unspecified atom stereocenters. The minimum atomic E-state index is -3.60. The lowest BCUT2D eigenvalue weighted by Gasteiger charge is -2.11. The number of thiazole rings is 1. The summed E-state index contributed by atoms with van der Waals surface area (Å²) in [6.07, 6.45) is 0. The van der Waals surface area contributed by atoms with E-state index in [0.29, 0.717) is 10.7 Å². The fraction of sp³-hybridized carbons (Fsp3) is 0.294. The maximum atomic E-state index is 12.2. The van der Waals surface area contributed by atoms with Crippen molar-refractivity contribution in [3.05, 3.63) is 45.9 Å². The molecular weight excluding hydrogens is 390 g/mol.